The minimum absolute atomic E-state index is 0.113. The number of esters is 1. The molecular formula is C21H26N4O5. The predicted octanol–water partition coefficient (Wildman–Crippen LogP) is 0.873. The summed E-state index contributed by atoms with van der Waals surface area (Å²) >= 11 is 0. The van der Waals surface area contributed by atoms with E-state index in [1.54, 1.807) is 10.6 Å². The van der Waals surface area contributed by atoms with Gasteiger partial charge in [0.05, 0.1) is 23.0 Å². The fourth-order valence-corrected chi connectivity index (χ4v) is 3.29. The zero-order valence-electron chi connectivity index (χ0n) is 17.7. The third-order valence-corrected chi connectivity index (χ3v) is 4.70. The maximum Gasteiger partial charge on any atom is 0.338 e. The Morgan fingerprint density at radius 2 is 2.00 bits per heavy atom. The van der Waals surface area contributed by atoms with E-state index in [-0.39, 0.29) is 23.6 Å². The van der Waals surface area contributed by atoms with E-state index in [4.69, 9.17) is 4.74 Å². The van der Waals surface area contributed by atoms with Crippen LogP contribution >= 0.6 is 0 Å². The third-order valence-electron chi connectivity index (χ3n) is 4.70. The number of nitrogens with one attached hydrogen (secondary N) is 1. The topological polar surface area (TPSA) is 111 Å². The molecule has 9 heteroatoms. The lowest BCUT2D eigenvalue weighted by Crippen LogP contribution is -2.46. The first kappa shape index (κ1) is 21.5. The molecule has 1 aliphatic heterocycles. The number of likely N-dealkylation sites (N-methyl/N-ethyl adjacent to an activating group) is 1. The second-order valence-corrected chi connectivity index (χ2v) is 8.44. The zero-order chi connectivity index (χ0) is 22.1. The van der Waals surface area contributed by atoms with Gasteiger partial charge in [-0.25, -0.2) is 9.78 Å². The van der Waals surface area contributed by atoms with Crippen molar-refractivity contribution in [1.29, 1.82) is 0 Å². The normalized spacial score (nSPS) is 13.1. The molecule has 0 aliphatic carbocycles. The van der Waals surface area contributed by atoms with E-state index in [1.165, 1.54) is 24.1 Å². The molecule has 160 valence electrons. The van der Waals surface area contributed by atoms with E-state index in [0.29, 0.717) is 23.3 Å². The number of hydrogen-bond donors (Lipinski definition) is 1. The van der Waals surface area contributed by atoms with Crippen LogP contribution in [-0.2, 0) is 27.3 Å². The zero-order valence-corrected chi connectivity index (χ0v) is 17.7. The van der Waals surface area contributed by atoms with Crippen LogP contribution in [0.5, 0.6) is 0 Å². The minimum atomic E-state index is -0.694. The van der Waals surface area contributed by atoms with Crippen LogP contribution in [0, 0.1) is 0 Å². The average Bonchev–Trinajstić information content (AvgIpc) is 3.12. The fourth-order valence-electron chi connectivity index (χ4n) is 3.29. The van der Waals surface area contributed by atoms with Crippen molar-refractivity contribution in [1.82, 2.24) is 19.8 Å². The molecule has 0 spiro atoms. The van der Waals surface area contributed by atoms with Gasteiger partial charge in [-0.1, -0.05) is 0 Å². The van der Waals surface area contributed by atoms with Crippen LogP contribution in [-0.4, -0.2) is 58.0 Å². The van der Waals surface area contributed by atoms with Crippen LogP contribution in [0.4, 0.5) is 0 Å². The maximum atomic E-state index is 12.5. The molecule has 1 N–H and O–H groups in total. The van der Waals surface area contributed by atoms with Gasteiger partial charge >= 0.3 is 5.97 Å². The SMILES string of the molecule is CN(CC(=O)NC(C)(C)C)C(=O)COC(=O)c1ccc2c(=O)n3c(nc2c1)CCC3. The molecule has 9 nitrogen and oxygen atoms in total. The van der Waals surface area contributed by atoms with Crippen molar-refractivity contribution in [2.45, 2.75) is 45.7 Å². The molecule has 0 bridgehead atoms. The van der Waals surface area contributed by atoms with Gasteiger partial charge in [-0.05, 0) is 45.4 Å². The van der Waals surface area contributed by atoms with E-state index in [2.05, 4.69) is 10.3 Å². The van der Waals surface area contributed by atoms with Gasteiger partial charge in [0.2, 0.25) is 5.91 Å². The lowest BCUT2D eigenvalue weighted by Gasteiger charge is -2.23. The Morgan fingerprint density at radius 1 is 1.27 bits per heavy atom. The Balaban J connectivity index is 1.62. The predicted molar refractivity (Wildman–Crippen MR) is 110 cm³/mol. The highest BCUT2D eigenvalue weighted by Gasteiger charge is 2.20. The molecule has 0 saturated carbocycles. The Hall–Kier alpha value is -3.23. The molecule has 1 aliphatic rings. The molecule has 0 unspecified atom stereocenters. The van der Waals surface area contributed by atoms with Crippen molar-refractivity contribution in [3.63, 3.8) is 0 Å². The van der Waals surface area contributed by atoms with Crippen molar-refractivity contribution in [2.75, 3.05) is 20.2 Å². The van der Waals surface area contributed by atoms with Gasteiger partial charge in [-0.2, -0.15) is 0 Å². The number of aryl methyl sites for hydroxylation is 1. The number of rotatable bonds is 5. The summed E-state index contributed by atoms with van der Waals surface area (Å²) in [6.07, 6.45) is 1.60. The van der Waals surface area contributed by atoms with Crippen LogP contribution < -0.4 is 10.9 Å². The second kappa shape index (κ2) is 8.25. The molecular weight excluding hydrogens is 388 g/mol. The monoisotopic (exact) mass is 414 g/mol. The molecule has 30 heavy (non-hydrogen) atoms. The number of amides is 2. The molecule has 1 aromatic carbocycles. The molecule has 1 aromatic heterocycles. The lowest BCUT2D eigenvalue weighted by molar-refractivity contribution is -0.137. The van der Waals surface area contributed by atoms with E-state index >= 15 is 0 Å². The van der Waals surface area contributed by atoms with Crippen LogP contribution in [0.3, 0.4) is 0 Å². The Kier molecular flexibility index (Phi) is 5.91. The Labute approximate surface area is 174 Å². The number of fused-ring (bicyclic) bond motifs is 2. The molecule has 2 heterocycles. The average molecular weight is 414 g/mol. The highest BCUT2D eigenvalue weighted by molar-refractivity contribution is 5.95. The summed E-state index contributed by atoms with van der Waals surface area (Å²) in [5.41, 5.74) is 0.126. The van der Waals surface area contributed by atoms with Crippen LogP contribution in [0.1, 0.15) is 43.4 Å². The summed E-state index contributed by atoms with van der Waals surface area (Å²) in [4.78, 5) is 54.6. The first-order chi connectivity index (χ1) is 14.0. The van der Waals surface area contributed by atoms with Gasteiger partial charge in [0, 0.05) is 25.6 Å². The molecule has 2 amide bonds. The molecule has 2 aromatic rings. The van der Waals surface area contributed by atoms with Gasteiger partial charge < -0.3 is 15.0 Å². The van der Waals surface area contributed by atoms with Gasteiger partial charge in [-0.15, -0.1) is 0 Å². The molecule has 0 radical (unpaired) electrons. The summed E-state index contributed by atoms with van der Waals surface area (Å²) in [6.45, 7) is 5.56. The minimum Gasteiger partial charge on any atom is -0.452 e. The third kappa shape index (κ3) is 4.84. The van der Waals surface area contributed by atoms with Crippen molar-refractivity contribution >= 4 is 28.7 Å². The number of benzene rings is 1. The molecule has 3 rings (SSSR count). The van der Waals surface area contributed by atoms with Crippen molar-refractivity contribution < 1.29 is 19.1 Å². The van der Waals surface area contributed by atoms with Gasteiger partial charge in [0.25, 0.3) is 11.5 Å². The van der Waals surface area contributed by atoms with Crippen LogP contribution in [0.2, 0.25) is 0 Å². The number of nitrogens with zero attached hydrogens (tertiary/aromatic N) is 3. The number of ether oxygens (including phenoxy) is 1. The number of carbonyl (C=O) groups excluding carboxylic acids is 3. The number of carbonyl (C=O) groups is 3. The summed E-state index contributed by atoms with van der Waals surface area (Å²) in [5.74, 6) is -0.782. The van der Waals surface area contributed by atoms with E-state index in [9.17, 15) is 19.2 Å². The summed E-state index contributed by atoms with van der Waals surface area (Å²) < 4.78 is 6.75. The quantitative estimate of drug-likeness (QED) is 0.727. The van der Waals surface area contributed by atoms with Crippen molar-refractivity contribution in [3.05, 3.63) is 39.9 Å². The Bertz CT molecular complexity index is 1070. The van der Waals surface area contributed by atoms with Gasteiger partial charge in [0.1, 0.15) is 5.82 Å². The number of aromatic nitrogens is 2. The first-order valence-corrected chi connectivity index (χ1v) is 9.81. The van der Waals surface area contributed by atoms with Crippen LogP contribution in [0.15, 0.2) is 23.0 Å². The largest absolute Gasteiger partial charge is 0.452 e. The van der Waals surface area contributed by atoms with E-state index in [0.717, 1.165) is 12.8 Å². The Morgan fingerprint density at radius 3 is 2.70 bits per heavy atom. The molecule has 0 atom stereocenters. The van der Waals surface area contributed by atoms with Crippen molar-refractivity contribution in [3.8, 4) is 0 Å². The highest BCUT2D eigenvalue weighted by Crippen LogP contribution is 2.16. The maximum absolute atomic E-state index is 12.5. The van der Waals surface area contributed by atoms with E-state index < -0.39 is 24.0 Å². The van der Waals surface area contributed by atoms with Gasteiger partial charge in [0.15, 0.2) is 6.61 Å². The van der Waals surface area contributed by atoms with Gasteiger partial charge in [-0.3, -0.25) is 19.0 Å². The van der Waals surface area contributed by atoms with Crippen molar-refractivity contribution in [2.24, 2.45) is 0 Å². The number of hydrogen-bond acceptors (Lipinski definition) is 6. The summed E-state index contributed by atoms with van der Waals surface area (Å²) in [5, 5.41) is 3.20. The smallest absolute Gasteiger partial charge is 0.338 e. The summed E-state index contributed by atoms with van der Waals surface area (Å²) in [7, 11) is 1.46. The second-order valence-electron chi connectivity index (χ2n) is 8.44. The first-order valence-electron chi connectivity index (χ1n) is 9.81. The highest BCUT2D eigenvalue weighted by atomic mass is 16.5. The van der Waals surface area contributed by atoms with Crippen LogP contribution in [0.25, 0.3) is 10.9 Å². The lowest BCUT2D eigenvalue weighted by atomic mass is 10.1. The molecule has 0 fully saturated rings. The summed E-state index contributed by atoms with van der Waals surface area (Å²) in [6, 6.07) is 4.54. The fraction of sp³-hybridized carbons (Fsp3) is 0.476. The standard InChI is InChI=1S/C21H26N4O5/c1-21(2,3)23-17(26)11-24(4)18(27)12-30-20(29)13-7-8-14-15(10-13)22-16-6-5-9-25(16)19(14)28/h7-8,10H,5-6,9,11-12H2,1-4H3,(H,23,26). The van der Waals surface area contributed by atoms with E-state index in [1.807, 2.05) is 20.8 Å². The molecule has 0 saturated heterocycles.